The van der Waals surface area contributed by atoms with Crippen LogP contribution in [0.15, 0.2) is 36.7 Å². The molecule has 1 unspecified atom stereocenters. The summed E-state index contributed by atoms with van der Waals surface area (Å²) in [6, 6.07) is 7.92. The fourth-order valence-corrected chi connectivity index (χ4v) is 4.31. The number of hydrogen-bond acceptors (Lipinski definition) is 3. The molecule has 22 heavy (non-hydrogen) atoms. The molecule has 1 atom stereocenters. The van der Waals surface area contributed by atoms with Crippen molar-refractivity contribution in [2.45, 2.75) is 30.9 Å². The van der Waals surface area contributed by atoms with Crippen LogP contribution in [0.2, 0.25) is 0 Å². The van der Waals surface area contributed by atoms with Crippen molar-refractivity contribution in [2.75, 3.05) is 6.54 Å². The van der Waals surface area contributed by atoms with Crippen LogP contribution in [0.25, 0.3) is 0 Å². The van der Waals surface area contributed by atoms with Crippen LogP contribution >= 0.6 is 0 Å². The van der Waals surface area contributed by atoms with Crippen molar-refractivity contribution >= 4 is 5.91 Å². The van der Waals surface area contributed by atoms with E-state index in [2.05, 4.69) is 9.97 Å². The van der Waals surface area contributed by atoms with Gasteiger partial charge in [-0.2, -0.15) is 0 Å². The van der Waals surface area contributed by atoms with E-state index in [0.29, 0.717) is 12.3 Å². The molecule has 112 valence electrons. The molecule has 2 aromatic rings. The summed E-state index contributed by atoms with van der Waals surface area (Å²) in [7, 11) is 0. The second-order valence-corrected chi connectivity index (χ2v) is 6.61. The Balaban J connectivity index is 1.43. The summed E-state index contributed by atoms with van der Waals surface area (Å²) in [4.78, 5) is 22.6. The predicted molar refractivity (Wildman–Crippen MR) is 79.3 cm³/mol. The highest BCUT2D eigenvalue weighted by Crippen LogP contribution is 2.56. The summed E-state index contributed by atoms with van der Waals surface area (Å²) in [5, 5.41) is 0. The maximum Gasteiger partial charge on any atom is 0.264 e. The Morgan fingerprint density at radius 2 is 2.23 bits per heavy atom. The van der Waals surface area contributed by atoms with Gasteiger partial charge < -0.3 is 14.6 Å². The SMILES string of the molecule is O=C(C1Cc2ccccc2O1)N1CC2CC1(c1ncc[nH]1)C2. The standard InChI is InChI=1S/C17H17N3O2/c21-15(14-7-12-3-1-2-4-13(12)22-14)20-10-11-8-17(20,9-11)16-18-5-6-19-16/h1-6,11,14H,7-10H2,(H,18,19). The molecule has 6 rings (SSSR count). The predicted octanol–water partition coefficient (Wildman–Crippen LogP) is 1.86. The Morgan fingerprint density at radius 1 is 1.36 bits per heavy atom. The van der Waals surface area contributed by atoms with E-state index in [1.807, 2.05) is 35.4 Å². The smallest absolute Gasteiger partial charge is 0.264 e. The molecule has 3 aliphatic heterocycles. The summed E-state index contributed by atoms with van der Waals surface area (Å²) in [6.45, 7) is 0.829. The first-order chi connectivity index (χ1) is 10.8. The van der Waals surface area contributed by atoms with E-state index in [4.69, 9.17) is 4.74 Å². The number of nitrogens with one attached hydrogen (secondary N) is 1. The minimum absolute atomic E-state index is 0.104. The van der Waals surface area contributed by atoms with Gasteiger partial charge in [-0.05, 0) is 30.4 Å². The lowest BCUT2D eigenvalue weighted by molar-refractivity contribution is -0.142. The number of aromatic nitrogens is 2. The van der Waals surface area contributed by atoms with E-state index >= 15 is 0 Å². The van der Waals surface area contributed by atoms with Gasteiger partial charge in [0.1, 0.15) is 17.1 Å². The zero-order valence-corrected chi connectivity index (χ0v) is 12.2. The van der Waals surface area contributed by atoms with Crippen molar-refractivity contribution in [1.82, 2.24) is 14.9 Å². The number of aromatic amines is 1. The molecule has 0 spiro atoms. The van der Waals surface area contributed by atoms with Crippen LogP contribution in [0.1, 0.15) is 24.2 Å². The maximum atomic E-state index is 13.0. The number of H-pyrrole nitrogens is 1. The Labute approximate surface area is 128 Å². The number of nitrogens with zero attached hydrogens (tertiary/aromatic N) is 2. The van der Waals surface area contributed by atoms with Gasteiger partial charge in [-0.3, -0.25) is 4.79 Å². The molecule has 1 aromatic carbocycles. The van der Waals surface area contributed by atoms with E-state index < -0.39 is 0 Å². The average Bonchev–Trinajstić information content (AvgIpc) is 3.24. The normalized spacial score (nSPS) is 31.5. The second-order valence-electron chi connectivity index (χ2n) is 6.61. The van der Waals surface area contributed by atoms with Crippen LogP contribution in [-0.4, -0.2) is 33.4 Å². The summed E-state index contributed by atoms with van der Waals surface area (Å²) in [5.74, 6) is 2.48. The number of benzene rings is 1. The van der Waals surface area contributed by atoms with Gasteiger partial charge in [0, 0.05) is 25.4 Å². The number of carbonyl (C=O) groups excluding carboxylic acids is 1. The van der Waals surface area contributed by atoms with Gasteiger partial charge in [0.2, 0.25) is 0 Å². The monoisotopic (exact) mass is 295 g/mol. The zero-order valence-electron chi connectivity index (χ0n) is 12.2. The lowest BCUT2D eigenvalue weighted by atomic mass is 9.72. The highest BCUT2D eigenvalue weighted by molar-refractivity contribution is 5.84. The van der Waals surface area contributed by atoms with Crippen LogP contribution in [0.4, 0.5) is 0 Å². The van der Waals surface area contributed by atoms with E-state index in [-0.39, 0.29) is 17.6 Å². The van der Waals surface area contributed by atoms with Crippen molar-refractivity contribution in [2.24, 2.45) is 5.92 Å². The number of hydrogen-bond donors (Lipinski definition) is 1. The molecule has 5 nitrogen and oxygen atoms in total. The Bertz CT molecular complexity index is 709. The molecular weight excluding hydrogens is 278 g/mol. The number of carbonyl (C=O) groups is 1. The zero-order chi connectivity index (χ0) is 14.7. The molecule has 4 aliphatic rings. The molecular formula is C17H17N3O2. The number of amides is 1. The van der Waals surface area contributed by atoms with E-state index in [1.54, 1.807) is 6.20 Å². The van der Waals surface area contributed by atoms with E-state index in [9.17, 15) is 4.79 Å². The fraction of sp³-hybridized carbons (Fsp3) is 0.412. The van der Waals surface area contributed by atoms with Crippen molar-refractivity contribution < 1.29 is 9.53 Å². The second kappa shape index (κ2) is 4.12. The number of rotatable bonds is 2. The largest absolute Gasteiger partial charge is 0.480 e. The first-order valence-corrected chi connectivity index (χ1v) is 7.82. The summed E-state index contributed by atoms with van der Waals surface area (Å²) in [6.07, 6.45) is 5.92. The van der Waals surface area contributed by atoms with Crippen LogP contribution in [0.3, 0.4) is 0 Å². The van der Waals surface area contributed by atoms with Gasteiger partial charge in [0.25, 0.3) is 5.91 Å². The number of imidazole rings is 1. The number of fused-ring (bicyclic) bond motifs is 2. The van der Waals surface area contributed by atoms with Gasteiger partial charge in [-0.25, -0.2) is 4.98 Å². The molecule has 3 fully saturated rings. The molecule has 1 aromatic heterocycles. The molecule has 1 aliphatic carbocycles. The summed E-state index contributed by atoms with van der Waals surface area (Å²) < 4.78 is 5.89. The summed E-state index contributed by atoms with van der Waals surface area (Å²) >= 11 is 0. The van der Waals surface area contributed by atoms with Gasteiger partial charge in [-0.15, -0.1) is 0 Å². The molecule has 2 bridgehead atoms. The quantitative estimate of drug-likeness (QED) is 0.920. The third-order valence-corrected chi connectivity index (χ3v) is 5.34. The van der Waals surface area contributed by atoms with Crippen LogP contribution in [0.5, 0.6) is 5.75 Å². The van der Waals surface area contributed by atoms with Gasteiger partial charge in [-0.1, -0.05) is 18.2 Å². The molecule has 0 radical (unpaired) electrons. The highest BCUT2D eigenvalue weighted by Gasteiger charge is 2.61. The lowest BCUT2D eigenvalue weighted by Crippen LogP contribution is -2.50. The van der Waals surface area contributed by atoms with E-state index in [1.165, 1.54) is 0 Å². The molecule has 4 heterocycles. The van der Waals surface area contributed by atoms with Crippen LogP contribution < -0.4 is 4.74 Å². The Hall–Kier alpha value is -2.30. The van der Waals surface area contributed by atoms with E-state index in [0.717, 1.165) is 36.5 Å². The molecule has 1 amide bonds. The molecule has 2 saturated heterocycles. The maximum absolute atomic E-state index is 13.0. The van der Waals surface area contributed by atoms with Gasteiger partial charge in [0.05, 0.1) is 0 Å². The Morgan fingerprint density at radius 3 is 3.00 bits per heavy atom. The topological polar surface area (TPSA) is 58.2 Å². The van der Waals surface area contributed by atoms with Crippen LogP contribution in [-0.2, 0) is 16.8 Å². The van der Waals surface area contributed by atoms with Crippen molar-refractivity contribution in [3.8, 4) is 5.75 Å². The lowest BCUT2D eigenvalue weighted by Gasteiger charge is -2.40. The minimum Gasteiger partial charge on any atom is -0.480 e. The molecule has 1 saturated carbocycles. The van der Waals surface area contributed by atoms with Crippen LogP contribution in [0, 0.1) is 5.92 Å². The van der Waals surface area contributed by atoms with Gasteiger partial charge >= 0.3 is 0 Å². The Kier molecular flexibility index (Phi) is 2.30. The third kappa shape index (κ3) is 1.48. The van der Waals surface area contributed by atoms with Gasteiger partial charge in [0.15, 0.2) is 6.10 Å². The van der Waals surface area contributed by atoms with Crippen molar-refractivity contribution in [3.63, 3.8) is 0 Å². The molecule has 5 heteroatoms. The summed E-state index contributed by atoms with van der Waals surface area (Å²) in [5.41, 5.74) is 0.906. The average molecular weight is 295 g/mol. The van der Waals surface area contributed by atoms with Crippen molar-refractivity contribution in [3.05, 3.63) is 48.0 Å². The third-order valence-electron chi connectivity index (χ3n) is 5.34. The first-order valence-electron chi connectivity index (χ1n) is 7.82. The number of ether oxygens (including phenoxy) is 1. The van der Waals surface area contributed by atoms with Crippen molar-refractivity contribution in [1.29, 1.82) is 0 Å². The fourth-order valence-electron chi connectivity index (χ4n) is 4.31. The molecule has 1 N–H and O–H groups in total. The minimum atomic E-state index is -0.386. The number of para-hydroxylation sites is 1. The highest BCUT2D eigenvalue weighted by atomic mass is 16.5. The first kappa shape index (κ1) is 12.3.